The number of halogens is 1. The molecule has 2 N–H and O–H groups in total. The van der Waals surface area contributed by atoms with Gasteiger partial charge in [0.15, 0.2) is 5.17 Å². The largest absolute Gasteiger partial charge is 0.491 e. The summed E-state index contributed by atoms with van der Waals surface area (Å²) < 4.78 is 5.60. The first-order valence-electron chi connectivity index (χ1n) is 7.09. The van der Waals surface area contributed by atoms with Gasteiger partial charge in [-0.2, -0.15) is 0 Å². The minimum absolute atomic E-state index is 0.545. The van der Waals surface area contributed by atoms with E-state index in [-0.39, 0.29) is 0 Å². The summed E-state index contributed by atoms with van der Waals surface area (Å²) in [7, 11) is 0. The van der Waals surface area contributed by atoms with Gasteiger partial charge < -0.3 is 10.5 Å². The SMILES string of the molecule is NC(=NCCc1ccccc1)SCCOc1ccccc1Cl. The average Bonchev–Trinajstić information content (AvgIpc) is 2.54. The van der Waals surface area contributed by atoms with E-state index < -0.39 is 0 Å². The van der Waals surface area contributed by atoms with Crippen LogP contribution in [0.1, 0.15) is 5.56 Å². The molecule has 0 fully saturated rings. The van der Waals surface area contributed by atoms with Crippen LogP contribution in [0.15, 0.2) is 59.6 Å². The number of nitrogens with two attached hydrogens (primary N) is 1. The van der Waals surface area contributed by atoms with Gasteiger partial charge in [-0.1, -0.05) is 65.8 Å². The zero-order valence-electron chi connectivity index (χ0n) is 12.2. The van der Waals surface area contributed by atoms with E-state index in [2.05, 4.69) is 17.1 Å². The molecule has 2 aromatic rings. The summed E-state index contributed by atoms with van der Waals surface area (Å²) in [4.78, 5) is 4.36. The number of ether oxygens (including phenoxy) is 1. The quantitative estimate of drug-likeness (QED) is 0.473. The van der Waals surface area contributed by atoms with Crippen molar-refractivity contribution in [1.82, 2.24) is 0 Å². The number of para-hydroxylation sites is 1. The number of rotatable bonds is 7. The maximum Gasteiger partial charge on any atom is 0.154 e. The topological polar surface area (TPSA) is 47.6 Å². The lowest BCUT2D eigenvalue weighted by Gasteiger charge is -2.07. The fourth-order valence-electron chi connectivity index (χ4n) is 1.85. The Bertz CT molecular complexity index is 605. The van der Waals surface area contributed by atoms with Crippen LogP contribution >= 0.6 is 23.4 Å². The Morgan fingerprint density at radius 2 is 1.82 bits per heavy atom. The van der Waals surface area contributed by atoms with Gasteiger partial charge in [0.25, 0.3) is 0 Å². The van der Waals surface area contributed by atoms with Crippen molar-refractivity contribution in [1.29, 1.82) is 0 Å². The highest BCUT2D eigenvalue weighted by atomic mass is 35.5. The van der Waals surface area contributed by atoms with Crippen LogP contribution in [-0.2, 0) is 6.42 Å². The standard InChI is InChI=1S/C17H19ClN2OS/c18-15-8-4-5-9-16(15)21-12-13-22-17(19)20-11-10-14-6-2-1-3-7-14/h1-9H,10-13H2,(H2,19,20). The lowest BCUT2D eigenvalue weighted by molar-refractivity contribution is 0.344. The maximum absolute atomic E-state index is 6.01. The summed E-state index contributed by atoms with van der Waals surface area (Å²) in [5, 5.41) is 1.22. The summed E-state index contributed by atoms with van der Waals surface area (Å²) in [6, 6.07) is 17.7. The van der Waals surface area contributed by atoms with Crippen LogP contribution in [0.5, 0.6) is 5.75 Å². The Kier molecular flexibility index (Phi) is 7.13. The molecular formula is C17H19ClN2OS. The fourth-order valence-corrected chi connectivity index (χ4v) is 2.59. The molecule has 3 nitrogen and oxygen atoms in total. The van der Waals surface area contributed by atoms with Crippen LogP contribution in [0.2, 0.25) is 5.02 Å². The van der Waals surface area contributed by atoms with E-state index in [0.717, 1.165) is 12.2 Å². The number of benzene rings is 2. The molecule has 0 aliphatic heterocycles. The fraction of sp³-hybridized carbons (Fsp3) is 0.235. The van der Waals surface area contributed by atoms with Crippen molar-refractivity contribution < 1.29 is 4.74 Å². The Balaban J connectivity index is 1.64. The van der Waals surface area contributed by atoms with Crippen molar-refractivity contribution in [2.75, 3.05) is 18.9 Å². The summed E-state index contributed by atoms with van der Waals surface area (Å²) in [5.41, 5.74) is 7.15. The molecule has 0 heterocycles. The van der Waals surface area contributed by atoms with Crippen molar-refractivity contribution in [2.45, 2.75) is 6.42 Å². The first-order chi connectivity index (χ1) is 10.8. The zero-order chi connectivity index (χ0) is 15.6. The number of hydrogen-bond acceptors (Lipinski definition) is 3. The van der Waals surface area contributed by atoms with E-state index in [9.17, 15) is 0 Å². The molecule has 0 aromatic heterocycles. The van der Waals surface area contributed by atoms with Gasteiger partial charge in [-0.05, 0) is 24.1 Å². The number of hydrogen-bond donors (Lipinski definition) is 1. The molecular weight excluding hydrogens is 316 g/mol. The highest BCUT2D eigenvalue weighted by Crippen LogP contribution is 2.23. The van der Waals surface area contributed by atoms with Crippen LogP contribution in [0.4, 0.5) is 0 Å². The van der Waals surface area contributed by atoms with Crippen LogP contribution in [-0.4, -0.2) is 24.1 Å². The molecule has 22 heavy (non-hydrogen) atoms. The summed E-state index contributed by atoms with van der Waals surface area (Å²) in [5.74, 6) is 1.44. The summed E-state index contributed by atoms with van der Waals surface area (Å²) >= 11 is 7.51. The van der Waals surface area contributed by atoms with Gasteiger partial charge in [-0.15, -0.1) is 0 Å². The smallest absolute Gasteiger partial charge is 0.154 e. The molecule has 0 amide bonds. The number of nitrogens with zero attached hydrogens (tertiary/aromatic N) is 1. The van der Waals surface area contributed by atoms with Crippen LogP contribution in [0.25, 0.3) is 0 Å². The highest BCUT2D eigenvalue weighted by Gasteiger charge is 2.00. The number of amidine groups is 1. The first kappa shape index (κ1) is 16.7. The summed E-state index contributed by atoms with van der Waals surface area (Å²) in [6.07, 6.45) is 0.901. The molecule has 5 heteroatoms. The Labute approximate surface area is 140 Å². The third-order valence-corrected chi connectivity index (χ3v) is 4.05. The van der Waals surface area contributed by atoms with Crippen LogP contribution in [0, 0.1) is 0 Å². The van der Waals surface area contributed by atoms with Crippen LogP contribution in [0.3, 0.4) is 0 Å². The summed E-state index contributed by atoms with van der Waals surface area (Å²) in [6.45, 7) is 1.25. The molecule has 0 saturated carbocycles. The molecule has 0 unspecified atom stereocenters. The molecule has 2 rings (SSSR count). The van der Waals surface area contributed by atoms with E-state index in [0.29, 0.717) is 29.1 Å². The highest BCUT2D eigenvalue weighted by molar-refractivity contribution is 8.13. The second-order valence-corrected chi connectivity index (χ2v) is 6.11. The molecule has 2 aromatic carbocycles. The predicted molar refractivity (Wildman–Crippen MR) is 96.0 cm³/mol. The van der Waals surface area contributed by atoms with Gasteiger partial charge in [0, 0.05) is 12.3 Å². The van der Waals surface area contributed by atoms with E-state index in [1.54, 1.807) is 0 Å². The monoisotopic (exact) mass is 334 g/mol. The second-order valence-electron chi connectivity index (χ2n) is 4.58. The molecule has 0 saturated heterocycles. The van der Waals surface area contributed by atoms with E-state index in [1.165, 1.54) is 17.3 Å². The van der Waals surface area contributed by atoms with Gasteiger partial charge in [0.05, 0.1) is 11.6 Å². The first-order valence-corrected chi connectivity index (χ1v) is 8.46. The van der Waals surface area contributed by atoms with Crippen molar-refractivity contribution in [3.05, 3.63) is 65.2 Å². The van der Waals surface area contributed by atoms with Gasteiger partial charge in [0.1, 0.15) is 5.75 Å². The third kappa shape index (κ3) is 6.00. The van der Waals surface area contributed by atoms with Crippen LogP contribution < -0.4 is 10.5 Å². The molecule has 0 bridgehead atoms. The van der Waals surface area contributed by atoms with E-state index in [1.807, 2.05) is 42.5 Å². The maximum atomic E-state index is 6.01. The normalized spacial score (nSPS) is 11.4. The Morgan fingerprint density at radius 3 is 2.59 bits per heavy atom. The van der Waals surface area contributed by atoms with Crippen molar-refractivity contribution in [2.24, 2.45) is 10.7 Å². The average molecular weight is 335 g/mol. The van der Waals surface area contributed by atoms with E-state index >= 15 is 0 Å². The van der Waals surface area contributed by atoms with Gasteiger partial charge in [0.2, 0.25) is 0 Å². The lowest BCUT2D eigenvalue weighted by atomic mass is 10.2. The van der Waals surface area contributed by atoms with E-state index in [4.69, 9.17) is 22.1 Å². The Morgan fingerprint density at radius 1 is 1.09 bits per heavy atom. The van der Waals surface area contributed by atoms with Gasteiger partial charge >= 0.3 is 0 Å². The minimum atomic E-state index is 0.545. The Hall–Kier alpha value is -1.65. The van der Waals surface area contributed by atoms with Gasteiger partial charge in [-0.25, -0.2) is 0 Å². The van der Waals surface area contributed by atoms with Gasteiger partial charge in [-0.3, -0.25) is 4.99 Å². The molecule has 0 spiro atoms. The molecule has 0 aliphatic rings. The zero-order valence-corrected chi connectivity index (χ0v) is 13.8. The van der Waals surface area contributed by atoms with Crippen molar-refractivity contribution in [3.63, 3.8) is 0 Å². The number of thioether (sulfide) groups is 1. The molecule has 0 aliphatic carbocycles. The second kappa shape index (κ2) is 9.38. The lowest BCUT2D eigenvalue weighted by Crippen LogP contribution is -2.11. The molecule has 0 radical (unpaired) electrons. The predicted octanol–water partition coefficient (Wildman–Crippen LogP) is 4.01. The molecule has 116 valence electrons. The minimum Gasteiger partial charge on any atom is -0.491 e. The van der Waals surface area contributed by atoms with Crippen molar-refractivity contribution in [3.8, 4) is 5.75 Å². The van der Waals surface area contributed by atoms with Crippen molar-refractivity contribution >= 4 is 28.5 Å². The third-order valence-electron chi connectivity index (χ3n) is 2.94. The molecule has 0 atom stereocenters. The number of aliphatic imine (C=N–C) groups is 1.